The predicted octanol–water partition coefficient (Wildman–Crippen LogP) is 2.95. The van der Waals surface area contributed by atoms with Gasteiger partial charge in [-0.25, -0.2) is 8.42 Å². The van der Waals surface area contributed by atoms with Gasteiger partial charge in [-0.1, -0.05) is 25.1 Å². The first kappa shape index (κ1) is 28.8. The molecular formula is C28H33N3O7S. The fourth-order valence-corrected chi connectivity index (χ4v) is 5.84. The largest absolute Gasteiger partial charge is 0.457 e. The molecule has 2 aromatic carbocycles. The summed E-state index contributed by atoms with van der Waals surface area (Å²) < 4.78 is 39.0. The van der Waals surface area contributed by atoms with E-state index in [2.05, 4.69) is 35.6 Å². The van der Waals surface area contributed by atoms with Crippen LogP contribution in [0.4, 0.5) is 5.69 Å². The minimum absolute atomic E-state index is 0.121. The lowest BCUT2D eigenvalue weighted by Crippen LogP contribution is -2.63. The van der Waals surface area contributed by atoms with Crippen molar-refractivity contribution >= 4 is 32.6 Å². The Morgan fingerprint density at radius 1 is 1.03 bits per heavy atom. The molecule has 0 bridgehead atoms. The van der Waals surface area contributed by atoms with Gasteiger partial charge in [0, 0.05) is 30.4 Å². The first-order valence-electron chi connectivity index (χ1n) is 12.8. The normalized spacial score (nSPS) is 24.0. The molecule has 39 heavy (non-hydrogen) atoms. The molecular weight excluding hydrogens is 522 g/mol. The number of rotatable bonds is 9. The second-order valence-corrected chi connectivity index (χ2v) is 11.0. The van der Waals surface area contributed by atoms with E-state index in [0.29, 0.717) is 12.2 Å². The Morgan fingerprint density at radius 3 is 2.38 bits per heavy atom. The monoisotopic (exact) mass is 555 g/mol. The standard InChI is InChI=1S/C28H33N3O7S/c1-4-23-26(32)27(33)25(28(34)38-23)30-39(35,36)22(16-29)15-21-11-12-24(37-21)19-8-7-18-14-20(31(5-2)6-3)10-9-17(18)13-19/h7-15,23,25-28,30,32-34H,4-6H2,1-3H3/b22-15+/t23-,25-,26-,27-,28?/m1/s1. The van der Waals surface area contributed by atoms with Crippen LogP contribution < -0.4 is 9.62 Å². The van der Waals surface area contributed by atoms with Crippen molar-refractivity contribution in [3.8, 4) is 17.4 Å². The number of nitrogens with one attached hydrogen (secondary N) is 1. The SMILES string of the molecule is CC[C@H]1OC(O)[C@H](NS(=O)(=O)/C(C#N)=C/c2ccc(-c3ccc4cc(N(CC)CC)ccc4c3)o2)[C@@H](O)[C@@H]1O. The van der Waals surface area contributed by atoms with Crippen molar-refractivity contribution in [1.29, 1.82) is 5.26 Å². The van der Waals surface area contributed by atoms with Crippen molar-refractivity contribution in [2.75, 3.05) is 18.0 Å². The highest BCUT2D eigenvalue weighted by Gasteiger charge is 2.45. The number of nitriles is 1. The number of allylic oxidation sites excluding steroid dienone is 1. The summed E-state index contributed by atoms with van der Waals surface area (Å²) >= 11 is 0. The summed E-state index contributed by atoms with van der Waals surface area (Å²) in [5, 5.41) is 42.4. The quantitative estimate of drug-likeness (QED) is 0.292. The van der Waals surface area contributed by atoms with Gasteiger partial charge in [0.2, 0.25) is 0 Å². The molecule has 4 rings (SSSR count). The highest BCUT2D eigenvalue weighted by Crippen LogP contribution is 2.30. The molecule has 10 nitrogen and oxygen atoms in total. The molecule has 11 heteroatoms. The Kier molecular flexibility index (Phi) is 8.76. The van der Waals surface area contributed by atoms with Crippen LogP contribution in [0, 0.1) is 11.3 Å². The Hall–Kier alpha value is -3.24. The van der Waals surface area contributed by atoms with Crippen molar-refractivity contribution in [2.45, 2.75) is 57.8 Å². The number of aliphatic hydroxyl groups is 3. The molecule has 0 spiro atoms. The van der Waals surface area contributed by atoms with E-state index >= 15 is 0 Å². The van der Waals surface area contributed by atoms with Gasteiger partial charge in [0.1, 0.15) is 35.8 Å². The summed E-state index contributed by atoms with van der Waals surface area (Å²) in [6.45, 7) is 7.74. The van der Waals surface area contributed by atoms with Crippen molar-refractivity contribution in [1.82, 2.24) is 4.72 Å². The Morgan fingerprint density at radius 2 is 1.72 bits per heavy atom. The van der Waals surface area contributed by atoms with E-state index in [4.69, 9.17) is 9.15 Å². The molecule has 1 fully saturated rings. The van der Waals surface area contributed by atoms with E-state index in [1.165, 1.54) is 0 Å². The third-order valence-corrected chi connectivity index (χ3v) is 8.32. The summed E-state index contributed by atoms with van der Waals surface area (Å²) in [6.07, 6.45) is -4.28. The molecule has 0 aliphatic carbocycles. The van der Waals surface area contributed by atoms with Gasteiger partial charge in [-0.2, -0.15) is 9.98 Å². The lowest BCUT2D eigenvalue weighted by molar-refractivity contribution is -0.244. The van der Waals surface area contributed by atoms with E-state index in [1.807, 2.05) is 24.3 Å². The van der Waals surface area contributed by atoms with Crippen LogP contribution in [0.15, 0.2) is 57.9 Å². The molecule has 4 N–H and O–H groups in total. The second-order valence-electron chi connectivity index (χ2n) is 9.34. The fraction of sp³-hybridized carbons (Fsp3) is 0.393. The Balaban J connectivity index is 1.55. The number of hydrogen-bond acceptors (Lipinski definition) is 9. The Labute approximate surface area is 227 Å². The van der Waals surface area contributed by atoms with Crippen LogP contribution in [0.1, 0.15) is 33.0 Å². The number of anilines is 1. The summed E-state index contributed by atoms with van der Waals surface area (Å²) in [6, 6.07) is 15.4. The van der Waals surface area contributed by atoms with E-state index in [0.717, 1.165) is 41.2 Å². The van der Waals surface area contributed by atoms with Crippen molar-refractivity contribution in [3.63, 3.8) is 0 Å². The second kappa shape index (κ2) is 11.9. The minimum atomic E-state index is -4.51. The number of nitrogens with zero attached hydrogens (tertiary/aromatic N) is 2. The zero-order chi connectivity index (χ0) is 28.3. The van der Waals surface area contributed by atoms with E-state index in [1.54, 1.807) is 25.1 Å². The van der Waals surface area contributed by atoms with Gasteiger partial charge in [-0.15, -0.1) is 0 Å². The van der Waals surface area contributed by atoms with Crippen LogP contribution in [-0.4, -0.2) is 67.5 Å². The lowest BCUT2D eigenvalue weighted by atomic mass is 9.96. The summed E-state index contributed by atoms with van der Waals surface area (Å²) in [5.41, 5.74) is 1.92. The van der Waals surface area contributed by atoms with Crippen LogP contribution in [0.3, 0.4) is 0 Å². The smallest absolute Gasteiger partial charge is 0.251 e. The molecule has 1 unspecified atom stereocenters. The maximum Gasteiger partial charge on any atom is 0.251 e. The van der Waals surface area contributed by atoms with Crippen LogP contribution in [0.2, 0.25) is 0 Å². The zero-order valence-electron chi connectivity index (χ0n) is 22.0. The minimum Gasteiger partial charge on any atom is -0.457 e. The van der Waals surface area contributed by atoms with Crippen molar-refractivity contribution in [2.24, 2.45) is 0 Å². The van der Waals surface area contributed by atoms with Gasteiger partial charge in [-0.3, -0.25) is 0 Å². The molecule has 0 radical (unpaired) electrons. The third-order valence-electron chi connectivity index (χ3n) is 6.95. The zero-order valence-corrected chi connectivity index (χ0v) is 22.8. The number of benzene rings is 2. The maximum absolute atomic E-state index is 12.9. The molecule has 0 amide bonds. The maximum atomic E-state index is 12.9. The summed E-state index contributed by atoms with van der Waals surface area (Å²) in [4.78, 5) is 1.57. The number of aliphatic hydroxyl groups excluding tert-OH is 3. The highest BCUT2D eigenvalue weighted by molar-refractivity contribution is 7.93. The molecule has 1 aliphatic rings. The average molecular weight is 556 g/mol. The number of hydrogen-bond donors (Lipinski definition) is 4. The molecule has 1 saturated heterocycles. The first-order valence-corrected chi connectivity index (χ1v) is 14.3. The highest BCUT2D eigenvalue weighted by atomic mass is 32.2. The third kappa shape index (κ3) is 6.01. The first-order chi connectivity index (χ1) is 18.6. The number of ether oxygens (including phenoxy) is 1. The average Bonchev–Trinajstić information content (AvgIpc) is 3.40. The lowest BCUT2D eigenvalue weighted by Gasteiger charge is -2.40. The van der Waals surface area contributed by atoms with Crippen molar-refractivity contribution < 1.29 is 32.9 Å². The topological polar surface area (TPSA) is 156 Å². The molecule has 208 valence electrons. The van der Waals surface area contributed by atoms with Crippen LogP contribution in [0.5, 0.6) is 0 Å². The molecule has 3 aromatic rings. The fourth-order valence-electron chi connectivity index (χ4n) is 4.71. The van der Waals surface area contributed by atoms with Gasteiger partial charge in [0.15, 0.2) is 11.2 Å². The van der Waals surface area contributed by atoms with E-state index < -0.39 is 45.6 Å². The molecule has 1 aromatic heterocycles. The molecule has 1 aliphatic heterocycles. The number of fused-ring (bicyclic) bond motifs is 1. The predicted molar refractivity (Wildman–Crippen MR) is 148 cm³/mol. The summed E-state index contributed by atoms with van der Waals surface area (Å²) in [5.74, 6) is 0.606. The van der Waals surface area contributed by atoms with Crippen LogP contribution >= 0.6 is 0 Å². The number of sulfonamides is 1. The van der Waals surface area contributed by atoms with Gasteiger partial charge in [0.05, 0.1) is 6.10 Å². The molecule has 0 saturated carbocycles. The van der Waals surface area contributed by atoms with Crippen LogP contribution in [0.25, 0.3) is 28.2 Å². The van der Waals surface area contributed by atoms with E-state index in [9.17, 15) is 29.0 Å². The number of furan rings is 1. The summed E-state index contributed by atoms with van der Waals surface area (Å²) in [7, 11) is -4.51. The van der Waals surface area contributed by atoms with Gasteiger partial charge < -0.3 is 29.4 Å². The Bertz CT molecular complexity index is 1490. The van der Waals surface area contributed by atoms with Gasteiger partial charge in [0.25, 0.3) is 10.0 Å². The van der Waals surface area contributed by atoms with Gasteiger partial charge in [-0.05, 0) is 61.4 Å². The molecule has 5 atom stereocenters. The molecule has 2 heterocycles. The van der Waals surface area contributed by atoms with Gasteiger partial charge >= 0.3 is 0 Å². The van der Waals surface area contributed by atoms with Crippen molar-refractivity contribution in [3.05, 3.63) is 59.2 Å². The van der Waals surface area contributed by atoms with Crippen LogP contribution in [-0.2, 0) is 14.8 Å². The van der Waals surface area contributed by atoms with E-state index in [-0.39, 0.29) is 5.76 Å².